The topological polar surface area (TPSA) is 42.4 Å². The van der Waals surface area contributed by atoms with Crippen molar-refractivity contribution >= 4 is 17.5 Å². The van der Waals surface area contributed by atoms with Crippen LogP contribution in [-0.4, -0.2) is 35.0 Å². The summed E-state index contributed by atoms with van der Waals surface area (Å²) >= 11 is 6.02. The SMILES string of the molecule is O=C(C1CC1)N1CCC(Oc2ccncc2Cl)CC1. The Kier molecular flexibility index (Phi) is 3.60. The Morgan fingerprint density at radius 2 is 2.05 bits per heavy atom. The van der Waals surface area contributed by atoms with Crippen LogP contribution in [0.1, 0.15) is 25.7 Å². The van der Waals surface area contributed by atoms with E-state index < -0.39 is 0 Å². The lowest BCUT2D eigenvalue weighted by atomic mass is 10.1. The highest BCUT2D eigenvalue weighted by Crippen LogP contribution is 2.32. The van der Waals surface area contributed by atoms with E-state index in [-0.39, 0.29) is 6.10 Å². The Labute approximate surface area is 117 Å². The predicted molar refractivity (Wildman–Crippen MR) is 72.2 cm³/mol. The molecule has 1 aliphatic carbocycles. The number of hydrogen-bond donors (Lipinski definition) is 0. The quantitative estimate of drug-likeness (QED) is 0.854. The zero-order valence-corrected chi connectivity index (χ0v) is 11.5. The van der Waals surface area contributed by atoms with Gasteiger partial charge in [-0.15, -0.1) is 0 Å². The molecule has 1 aromatic rings. The Morgan fingerprint density at radius 3 is 2.68 bits per heavy atom. The van der Waals surface area contributed by atoms with Gasteiger partial charge in [0.1, 0.15) is 16.9 Å². The second-order valence-electron chi connectivity index (χ2n) is 5.22. The number of carbonyl (C=O) groups is 1. The van der Waals surface area contributed by atoms with Crippen molar-refractivity contribution in [2.24, 2.45) is 5.92 Å². The van der Waals surface area contributed by atoms with Gasteiger partial charge in [-0.25, -0.2) is 0 Å². The lowest BCUT2D eigenvalue weighted by Crippen LogP contribution is -2.42. The van der Waals surface area contributed by atoms with Crippen molar-refractivity contribution in [3.05, 3.63) is 23.5 Å². The van der Waals surface area contributed by atoms with Gasteiger partial charge in [-0.1, -0.05) is 11.6 Å². The summed E-state index contributed by atoms with van der Waals surface area (Å²) in [6, 6.07) is 1.78. The van der Waals surface area contributed by atoms with Gasteiger partial charge in [0.25, 0.3) is 0 Å². The second kappa shape index (κ2) is 5.37. The molecule has 0 N–H and O–H groups in total. The fourth-order valence-electron chi connectivity index (χ4n) is 2.42. The monoisotopic (exact) mass is 280 g/mol. The molecule has 0 atom stereocenters. The van der Waals surface area contributed by atoms with Crippen LogP contribution in [-0.2, 0) is 4.79 Å². The zero-order chi connectivity index (χ0) is 13.2. The van der Waals surface area contributed by atoms with Crippen molar-refractivity contribution in [2.45, 2.75) is 31.8 Å². The lowest BCUT2D eigenvalue weighted by Gasteiger charge is -2.32. The number of pyridine rings is 1. The minimum absolute atomic E-state index is 0.142. The Balaban J connectivity index is 1.53. The molecule has 0 aromatic carbocycles. The summed E-state index contributed by atoms with van der Waals surface area (Å²) in [7, 11) is 0. The summed E-state index contributed by atoms with van der Waals surface area (Å²) in [5, 5.41) is 0.541. The molecule has 5 heteroatoms. The fourth-order valence-corrected chi connectivity index (χ4v) is 2.58. The molecule has 1 saturated carbocycles. The van der Waals surface area contributed by atoms with Crippen LogP contribution in [0.25, 0.3) is 0 Å². The van der Waals surface area contributed by atoms with E-state index >= 15 is 0 Å². The van der Waals surface area contributed by atoms with Crippen LogP contribution in [0.4, 0.5) is 0 Å². The molecule has 1 aromatic heterocycles. The molecule has 4 nitrogen and oxygen atoms in total. The summed E-state index contributed by atoms with van der Waals surface area (Å²) in [6.07, 6.45) is 7.29. The number of carbonyl (C=O) groups excluding carboxylic acids is 1. The predicted octanol–water partition coefficient (Wildman–Crippen LogP) is 2.51. The Morgan fingerprint density at radius 1 is 1.32 bits per heavy atom. The standard InChI is InChI=1S/C14H17ClN2O2/c15-12-9-16-6-3-13(12)19-11-4-7-17(8-5-11)14(18)10-1-2-10/h3,6,9-11H,1-2,4-5,7-8H2. The average Bonchev–Trinajstić information content (AvgIpc) is 3.26. The van der Waals surface area contributed by atoms with Gasteiger partial charge >= 0.3 is 0 Å². The molecule has 0 radical (unpaired) electrons. The van der Waals surface area contributed by atoms with Gasteiger partial charge in [-0.3, -0.25) is 9.78 Å². The molecular formula is C14H17ClN2O2. The number of ether oxygens (including phenoxy) is 1. The minimum Gasteiger partial charge on any atom is -0.489 e. The molecule has 0 bridgehead atoms. The number of likely N-dealkylation sites (tertiary alicyclic amines) is 1. The van der Waals surface area contributed by atoms with Gasteiger partial charge in [0.05, 0.1) is 0 Å². The highest BCUT2D eigenvalue weighted by molar-refractivity contribution is 6.31. The van der Waals surface area contributed by atoms with E-state index in [9.17, 15) is 4.79 Å². The number of halogens is 1. The second-order valence-corrected chi connectivity index (χ2v) is 5.63. The lowest BCUT2D eigenvalue weighted by molar-refractivity contribution is -0.134. The normalized spacial score (nSPS) is 20.4. The Bertz CT molecular complexity index is 468. The fraction of sp³-hybridized carbons (Fsp3) is 0.571. The largest absolute Gasteiger partial charge is 0.489 e. The van der Waals surface area contributed by atoms with Gasteiger partial charge in [-0.05, 0) is 12.8 Å². The molecule has 0 unspecified atom stereocenters. The summed E-state index contributed by atoms with van der Waals surface area (Å²) in [6.45, 7) is 1.59. The number of hydrogen-bond acceptors (Lipinski definition) is 3. The van der Waals surface area contributed by atoms with Crippen LogP contribution in [0.5, 0.6) is 5.75 Å². The number of piperidine rings is 1. The van der Waals surface area contributed by atoms with E-state index in [1.54, 1.807) is 18.5 Å². The van der Waals surface area contributed by atoms with Crippen LogP contribution in [0.3, 0.4) is 0 Å². The van der Waals surface area contributed by atoms with Crippen molar-refractivity contribution in [2.75, 3.05) is 13.1 Å². The van der Waals surface area contributed by atoms with Crippen LogP contribution < -0.4 is 4.74 Å². The molecule has 1 amide bonds. The van der Waals surface area contributed by atoms with Crippen molar-refractivity contribution in [3.8, 4) is 5.75 Å². The summed E-state index contributed by atoms with van der Waals surface area (Å²) in [5.74, 6) is 1.33. The Hall–Kier alpha value is -1.29. The molecule has 2 aliphatic rings. The molecule has 1 aliphatic heterocycles. The highest BCUT2D eigenvalue weighted by atomic mass is 35.5. The van der Waals surface area contributed by atoms with Gasteiger partial charge < -0.3 is 9.64 Å². The number of rotatable bonds is 3. The van der Waals surface area contributed by atoms with Crippen molar-refractivity contribution in [1.29, 1.82) is 0 Å². The van der Waals surface area contributed by atoms with E-state index in [2.05, 4.69) is 4.98 Å². The molecular weight excluding hydrogens is 264 g/mol. The molecule has 102 valence electrons. The maximum absolute atomic E-state index is 11.9. The maximum atomic E-state index is 11.9. The van der Waals surface area contributed by atoms with Gasteiger partial charge in [0.2, 0.25) is 5.91 Å². The average molecular weight is 281 g/mol. The van der Waals surface area contributed by atoms with Crippen LogP contribution in [0.15, 0.2) is 18.5 Å². The molecule has 19 heavy (non-hydrogen) atoms. The highest BCUT2D eigenvalue weighted by Gasteiger charge is 2.35. The van der Waals surface area contributed by atoms with Gasteiger partial charge in [-0.2, -0.15) is 0 Å². The summed E-state index contributed by atoms with van der Waals surface area (Å²) in [5.41, 5.74) is 0. The number of aromatic nitrogens is 1. The number of amides is 1. The van der Waals surface area contributed by atoms with E-state index in [4.69, 9.17) is 16.3 Å². The molecule has 0 spiro atoms. The van der Waals surface area contributed by atoms with Crippen molar-refractivity contribution < 1.29 is 9.53 Å². The third-order valence-corrected chi connectivity index (χ3v) is 3.99. The van der Waals surface area contributed by atoms with Crippen LogP contribution in [0.2, 0.25) is 5.02 Å². The smallest absolute Gasteiger partial charge is 0.225 e. The van der Waals surface area contributed by atoms with Crippen LogP contribution in [0, 0.1) is 5.92 Å². The first kappa shape index (κ1) is 12.7. The minimum atomic E-state index is 0.142. The molecule has 2 fully saturated rings. The third-order valence-electron chi connectivity index (χ3n) is 3.71. The first-order valence-corrected chi connectivity index (χ1v) is 7.17. The zero-order valence-electron chi connectivity index (χ0n) is 10.7. The maximum Gasteiger partial charge on any atom is 0.225 e. The van der Waals surface area contributed by atoms with Crippen LogP contribution >= 0.6 is 11.6 Å². The first-order valence-electron chi connectivity index (χ1n) is 6.79. The van der Waals surface area contributed by atoms with E-state index in [1.807, 2.05) is 4.90 Å². The third kappa shape index (κ3) is 3.00. The van der Waals surface area contributed by atoms with E-state index in [0.717, 1.165) is 38.8 Å². The molecule has 3 rings (SSSR count). The van der Waals surface area contributed by atoms with E-state index in [0.29, 0.717) is 22.6 Å². The molecule has 1 saturated heterocycles. The van der Waals surface area contributed by atoms with Crippen molar-refractivity contribution in [3.63, 3.8) is 0 Å². The summed E-state index contributed by atoms with van der Waals surface area (Å²) < 4.78 is 5.88. The van der Waals surface area contributed by atoms with Gasteiger partial charge in [0.15, 0.2) is 0 Å². The summed E-state index contributed by atoms with van der Waals surface area (Å²) in [4.78, 5) is 17.8. The van der Waals surface area contributed by atoms with Crippen molar-refractivity contribution in [1.82, 2.24) is 9.88 Å². The number of nitrogens with zero attached hydrogens (tertiary/aromatic N) is 2. The van der Waals surface area contributed by atoms with Gasteiger partial charge in [0, 0.05) is 50.3 Å². The first-order chi connectivity index (χ1) is 9.24. The molecule has 2 heterocycles. The van der Waals surface area contributed by atoms with E-state index in [1.165, 1.54) is 0 Å².